The number of aromatic nitrogens is 1. The Labute approximate surface area is 119 Å². The Balaban J connectivity index is 2.35. The number of nitrogens with two attached hydrogens (primary N) is 1. The van der Waals surface area contributed by atoms with Crippen LogP contribution in [0.15, 0.2) is 40.4 Å². The lowest BCUT2D eigenvalue weighted by Gasteiger charge is -2.08. The number of carboxylic acids is 1. The Kier molecular flexibility index (Phi) is 3.97. The fourth-order valence-corrected chi connectivity index (χ4v) is 2.55. The molecule has 1 aromatic heterocycles. The number of benzene rings is 1. The monoisotopic (exact) mass is 294 g/mol. The van der Waals surface area contributed by atoms with Gasteiger partial charge in [0.05, 0.1) is 10.6 Å². The molecule has 1 heterocycles. The van der Waals surface area contributed by atoms with Crippen molar-refractivity contribution in [2.45, 2.75) is 16.8 Å². The molecule has 0 atom stereocenters. The van der Waals surface area contributed by atoms with Crippen molar-refractivity contribution in [1.29, 1.82) is 0 Å². The van der Waals surface area contributed by atoms with E-state index in [1.165, 1.54) is 11.8 Å². The summed E-state index contributed by atoms with van der Waals surface area (Å²) >= 11 is 7.12. The van der Waals surface area contributed by atoms with Gasteiger partial charge in [-0.1, -0.05) is 23.4 Å². The van der Waals surface area contributed by atoms with Gasteiger partial charge in [0.2, 0.25) is 0 Å². The molecular weight excluding hydrogens is 284 g/mol. The van der Waals surface area contributed by atoms with E-state index in [9.17, 15) is 4.79 Å². The van der Waals surface area contributed by atoms with Gasteiger partial charge in [0, 0.05) is 16.8 Å². The number of carbonyl (C=O) groups is 1. The van der Waals surface area contributed by atoms with Crippen LogP contribution in [0.3, 0.4) is 0 Å². The second-order valence-electron chi connectivity index (χ2n) is 3.92. The summed E-state index contributed by atoms with van der Waals surface area (Å²) in [5.41, 5.74) is 6.88. The Morgan fingerprint density at radius 3 is 2.74 bits per heavy atom. The fraction of sp³-hybridized carbons (Fsp3) is 0.0769. The molecule has 2 rings (SSSR count). The fourth-order valence-electron chi connectivity index (χ4n) is 1.54. The minimum absolute atomic E-state index is 0.108. The van der Waals surface area contributed by atoms with Gasteiger partial charge < -0.3 is 10.8 Å². The summed E-state index contributed by atoms with van der Waals surface area (Å²) in [5.74, 6) is -1.04. The van der Waals surface area contributed by atoms with Crippen molar-refractivity contribution in [1.82, 2.24) is 4.98 Å². The van der Waals surface area contributed by atoms with Crippen molar-refractivity contribution in [2.24, 2.45) is 0 Å². The van der Waals surface area contributed by atoms with Crippen LogP contribution in [0.2, 0.25) is 5.02 Å². The average Bonchev–Trinajstić information content (AvgIpc) is 2.36. The maximum absolute atomic E-state index is 11.1. The van der Waals surface area contributed by atoms with E-state index >= 15 is 0 Å². The first-order valence-corrected chi connectivity index (χ1v) is 6.59. The third-order valence-electron chi connectivity index (χ3n) is 2.51. The molecule has 2 aromatic rings. The van der Waals surface area contributed by atoms with Crippen LogP contribution in [-0.4, -0.2) is 16.1 Å². The predicted molar refractivity (Wildman–Crippen MR) is 75.9 cm³/mol. The number of hydrogen-bond donors (Lipinski definition) is 2. The zero-order valence-corrected chi connectivity index (χ0v) is 11.6. The van der Waals surface area contributed by atoms with Crippen molar-refractivity contribution in [2.75, 3.05) is 5.73 Å². The minimum atomic E-state index is -1.04. The van der Waals surface area contributed by atoms with Gasteiger partial charge in [0.1, 0.15) is 5.03 Å². The van der Waals surface area contributed by atoms with E-state index in [-0.39, 0.29) is 5.56 Å². The molecular formula is C13H11ClN2O2S. The van der Waals surface area contributed by atoms with Crippen molar-refractivity contribution in [3.05, 3.63) is 46.6 Å². The molecule has 4 nitrogen and oxygen atoms in total. The third-order valence-corrected chi connectivity index (χ3v) is 3.66. The van der Waals surface area contributed by atoms with E-state index in [1.807, 2.05) is 6.07 Å². The van der Waals surface area contributed by atoms with Gasteiger partial charge in [-0.05, 0) is 36.8 Å². The highest BCUT2D eigenvalue weighted by molar-refractivity contribution is 7.99. The van der Waals surface area contributed by atoms with E-state index in [1.54, 1.807) is 31.3 Å². The van der Waals surface area contributed by atoms with Crippen molar-refractivity contribution in [3.8, 4) is 0 Å². The predicted octanol–water partition coefficient (Wildman–Crippen LogP) is 3.48. The average molecular weight is 295 g/mol. The Hall–Kier alpha value is -1.72. The maximum atomic E-state index is 11.1. The Morgan fingerprint density at radius 2 is 2.16 bits per heavy atom. The molecule has 19 heavy (non-hydrogen) atoms. The minimum Gasteiger partial charge on any atom is -0.478 e. The van der Waals surface area contributed by atoms with Crippen LogP contribution in [0.1, 0.15) is 15.9 Å². The van der Waals surface area contributed by atoms with Gasteiger partial charge in [-0.15, -0.1) is 0 Å². The van der Waals surface area contributed by atoms with Crippen LogP contribution in [0.25, 0.3) is 0 Å². The zero-order valence-electron chi connectivity index (χ0n) is 10.1. The number of carboxylic acid groups (broad SMARTS) is 1. The number of halogens is 1. The number of hydrogen-bond acceptors (Lipinski definition) is 4. The van der Waals surface area contributed by atoms with Gasteiger partial charge >= 0.3 is 5.97 Å². The number of nitrogens with zero attached hydrogens (tertiary/aromatic N) is 1. The topological polar surface area (TPSA) is 76.2 Å². The van der Waals surface area contributed by atoms with Crippen LogP contribution in [0, 0.1) is 6.92 Å². The van der Waals surface area contributed by atoms with E-state index < -0.39 is 5.97 Å². The molecule has 0 saturated carbocycles. The molecule has 0 aliphatic rings. The first-order valence-electron chi connectivity index (χ1n) is 5.40. The molecule has 0 amide bonds. The van der Waals surface area contributed by atoms with E-state index in [2.05, 4.69) is 4.98 Å². The van der Waals surface area contributed by atoms with Gasteiger partial charge in [-0.2, -0.15) is 0 Å². The summed E-state index contributed by atoms with van der Waals surface area (Å²) in [7, 11) is 0. The van der Waals surface area contributed by atoms with Gasteiger partial charge in [0.25, 0.3) is 0 Å². The Bertz CT molecular complexity index is 629. The molecule has 3 N–H and O–H groups in total. The lowest BCUT2D eigenvalue weighted by Crippen LogP contribution is -2.04. The second-order valence-corrected chi connectivity index (χ2v) is 5.45. The number of anilines is 1. The van der Waals surface area contributed by atoms with Gasteiger partial charge in [0.15, 0.2) is 0 Å². The van der Waals surface area contributed by atoms with E-state index in [0.717, 1.165) is 15.5 Å². The number of pyridine rings is 1. The van der Waals surface area contributed by atoms with Crippen LogP contribution in [0.4, 0.5) is 5.69 Å². The molecule has 0 unspecified atom stereocenters. The van der Waals surface area contributed by atoms with Crippen LogP contribution in [-0.2, 0) is 0 Å². The molecule has 0 spiro atoms. The van der Waals surface area contributed by atoms with Gasteiger partial charge in [-0.3, -0.25) is 0 Å². The number of rotatable bonds is 3. The SMILES string of the molecule is Cc1cc(Sc2ccc(Cl)cn2)cc(C(=O)O)c1N. The van der Waals surface area contributed by atoms with Crippen LogP contribution < -0.4 is 5.73 Å². The molecule has 0 radical (unpaired) electrons. The Morgan fingerprint density at radius 1 is 1.42 bits per heavy atom. The summed E-state index contributed by atoms with van der Waals surface area (Å²) in [6.07, 6.45) is 1.55. The largest absolute Gasteiger partial charge is 0.478 e. The first kappa shape index (κ1) is 13.7. The third kappa shape index (κ3) is 3.19. The summed E-state index contributed by atoms with van der Waals surface area (Å²) in [6.45, 7) is 1.78. The highest BCUT2D eigenvalue weighted by Crippen LogP contribution is 2.31. The molecule has 0 saturated heterocycles. The standard InChI is InChI=1S/C13H11ClN2O2S/c1-7-4-9(5-10(12(7)15)13(17)18)19-11-3-2-8(14)6-16-11/h2-6H,15H2,1H3,(H,17,18). The summed E-state index contributed by atoms with van der Waals surface area (Å²) < 4.78 is 0. The smallest absolute Gasteiger partial charge is 0.337 e. The molecule has 6 heteroatoms. The molecule has 0 aliphatic heterocycles. The van der Waals surface area contributed by atoms with E-state index in [4.69, 9.17) is 22.4 Å². The van der Waals surface area contributed by atoms with E-state index in [0.29, 0.717) is 10.7 Å². The van der Waals surface area contributed by atoms with Gasteiger partial charge in [-0.25, -0.2) is 9.78 Å². The number of aromatic carboxylic acids is 1. The molecule has 98 valence electrons. The highest BCUT2D eigenvalue weighted by atomic mass is 35.5. The molecule has 0 fully saturated rings. The lowest BCUT2D eigenvalue weighted by atomic mass is 10.1. The quantitative estimate of drug-likeness (QED) is 0.848. The number of aryl methyl sites for hydroxylation is 1. The first-order chi connectivity index (χ1) is 8.97. The van der Waals surface area contributed by atoms with Crippen molar-refractivity contribution in [3.63, 3.8) is 0 Å². The second kappa shape index (κ2) is 5.50. The number of nitrogen functional groups attached to an aromatic ring is 1. The molecule has 1 aromatic carbocycles. The zero-order chi connectivity index (χ0) is 14.0. The lowest BCUT2D eigenvalue weighted by molar-refractivity contribution is 0.0697. The van der Waals surface area contributed by atoms with Crippen molar-refractivity contribution < 1.29 is 9.90 Å². The summed E-state index contributed by atoms with van der Waals surface area (Å²) in [5, 5.41) is 10.4. The molecule has 0 bridgehead atoms. The normalized spacial score (nSPS) is 10.4. The maximum Gasteiger partial charge on any atom is 0.337 e. The summed E-state index contributed by atoms with van der Waals surface area (Å²) in [6, 6.07) is 6.90. The van der Waals surface area contributed by atoms with Crippen molar-refractivity contribution >= 4 is 35.0 Å². The van der Waals surface area contributed by atoms with Crippen LogP contribution >= 0.6 is 23.4 Å². The molecule has 0 aliphatic carbocycles. The summed E-state index contributed by atoms with van der Waals surface area (Å²) in [4.78, 5) is 16.0. The van der Waals surface area contributed by atoms with Crippen LogP contribution in [0.5, 0.6) is 0 Å². The highest BCUT2D eigenvalue weighted by Gasteiger charge is 2.12.